The van der Waals surface area contributed by atoms with E-state index in [0.29, 0.717) is 4.88 Å². The predicted octanol–water partition coefficient (Wildman–Crippen LogP) is 2.21. The largest absolute Gasteiger partial charge is 0.477 e. The molecule has 4 nitrogen and oxygen atoms in total. The van der Waals surface area contributed by atoms with Crippen LogP contribution in [-0.4, -0.2) is 34.0 Å². The van der Waals surface area contributed by atoms with E-state index in [0.717, 1.165) is 37.1 Å². The molecule has 0 unspecified atom stereocenters. The van der Waals surface area contributed by atoms with Crippen LogP contribution in [0.1, 0.15) is 45.0 Å². The van der Waals surface area contributed by atoms with E-state index in [-0.39, 0.29) is 16.3 Å². The highest BCUT2D eigenvalue weighted by molar-refractivity contribution is 7.15. The molecule has 2 aliphatic rings. The number of carboxylic acids is 1. The standard InChI is InChI=1S/C12H13NO3S/c14-10(8-2-3-9(17-8)11(15)16)13-7-6-12(13)4-1-5-12/h2-3H,1,4-7H2,(H,15,16). The van der Waals surface area contributed by atoms with Crippen LogP contribution in [0.25, 0.3) is 0 Å². The molecule has 3 rings (SSSR count). The van der Waals surface area contributed by atoms with Gasteiger partial charge in [-0.15, -0.1) is 11.3 Å². The molecule has 1 aromatic rings. The van der Waals surface area contributed by atoms with Crippen LogP contribution in [0.4, 0.5) is 0 Å². The Kier molecular flexibility index (Phi) is 2.26. The van der Waals surface area contributed by atoms with E-state index in [1.54, 1.807) is 6.07 Å². The van der Waals surface area contributed by atoms with Gasteiger partial charge in [-0.2, -0.15) is 0 Å². The summed E-state index contributed by atoms with van der Waals surface area (Å²) in [6.45, 7) is 0.819. The molecule has 5 heteroatoms. The van der Waals surface area contributed by atoms with Gasteiger partial charge in [-0.3, -0.25) is 4.79 Å². The summed E-state index contributed by atoms with van der Waals surface area (Å²) in [4.78, 5) is 25.7. The summed E-state index contributed by atoms with van der Waals surface area (Å²) >= 11 is 1.07. The van der Waals surface area contributed by atoms with Gasteiger partial charge in [0.05, 0.1) is 4.88 Å². The summed E-state index contributed by atoms with van der Waals surface area (Å²) in [7, 11) is 0. The molecule has 0 radical (unpaired) electrons. The van der Waals surface area contributed by atoms with Crippen LogP contribution >= 0.6 is 11.3 Å². The van der Waals surface area contributed by atoms with Crippen molar-refractivity contribution < 1.29 is 14.7 Å². The van der Waals surface area contributed by atoms with Crippen LogP contribution in [0.3, 0.4) is 0 Å². The Balaban J connectivity index is 1.79. The lowest BCUT2D eigenvalue weighted by molar-refractivity contribution is -0.0484. The lowest BCUT2D eigenvalue weighted by Gasteiger charge is -2.58. The summed E-state index contributed by atoms with van der Waals surface area (Å²) in [5, 5.41) is 8.84. The molecule has 1 amide bonds. The zero-order chi connectivity index (χ0) is 12.0. The number of thiophene rings is 1. The molecule has 90 valence electrons. The van der Waals surface area contributed by atoms with E-state index in [4.69, 9.17) is 5.11 Å². The number of hydrogen-bond acceptors (Lipinski definition) is 3. The van der Waals surface area contributed by atoms with E-state index in [2.05, 4.69) is 0 Å². The van der Waals surface area contributed by atoms with E-state index in [1.807, 2.05) is 4.90 Å². The Hall–Kier alpha value is -1.36. The Morgan fingerprint density at radius 3 is 2.35 bits per heavy atom. The molecule has 1 saturated heterocycles. The third-order valence-electron chi connectivity index (χ3n) is 3.93. The highest BCUT2D eigenvalue weighted by atomic mass is 32.1. The minimum atomic E-state index is -0.962. The van der Waals surface area contributed by atoms with Crippen LogP contribution in [0, 0.1) is 0 Å². The summed E-state index contributed by atoms with van der Waals surface area (Å²) in [6, 6.07) is 3.13. The predicted molar refractivity (Wildman–Crippen MR) is 63.5 cm³/mol. The molecule has 17 heavy (non-hydrogen) atoms. The molecule has 1 spiro atoms. The first-order chi connectivity index (χ1) is 8.12. The van der Waals surface area contributed by atoms with Gasteiger partial charge < -0.3 is 10.0 Å². The molecule has 2 heterocycles. The highest BCUT2D eigenvalue weighted by Crippen LogP contribution is 2.47. The Labute approximate surface area is 103 Å². The number of amides is 1. The number of aromatic carboxylic acids is 1. The van der Waals surface area contributed by atoms with E-state index in [9.17, 15) is 9.59 Å². The van der Waals surface area contributed by atoms with Crippen molar-refractivity contribution in [3.8, 4) is 0 Å². The van der Waals surface area contributed by atoms with Crippen molar-refractivity contribution >= 4 is 23.2 Å². The quantitative estimate of drug-likeness (QED) is 0.876. The van der Waals surface area contributed by atoms with Gasteiger partial charge in [0.2, 0.25) is 0 Å². The van der Waals surface area contributed by atoms with Crippen LogP contribution in [0.5, 0.6) is 0 Å². The number of rotatable bonds is 2. The number of carbonyl (C=O) groups is 2. The Bertz CT molecular complexity index is 484. The fourth-order valence-electron chi connectivity index (χ4n) is 2.66. The van der Waals surface area contributed by atoms with E-state index >= 15 is 0 Å². The third-order valence-corrected chi connectivity index (χ3v) is 4.99. The lowest BCUT2D eigenvalue weighted by Crippen LogP contribution is -2.65. The molecule has 0 atom stereocenters. The van der Waals surface area contributed by atoms with Crippen molar-refractivity contribution in [1.82, 2.24) is 4.90 Å². The SMILES string of the molecule is O=C(O)c1ccc(C(=O)N2CCC23CCC3)s1. The average molecular weight is 251 g/mol. The fraction of sp³-hybridized carbons (Fsp3) is 0.500. The van der Waals surface area contributed by atoms with Gasteiger partial charge in [0, 0.05) is 12.1 Å². The molecule has 2 fully saturated rings. The zero-order valence-corrected chi connectivity index (χ0v) is 10.1. The Morgan fingerprint density at radius 2 is 1.94 bits per heavy atom. The number of carboxylic acid groups (broad SMARTS) is 1. The van der Waals surface area contributed by atoms with Gasteiger partial charge >= 0.3 is 5.97 Å². The number of likely N-dealkylation sites (tertiary alicyclic amines) is 1. The minimum absolute atomic E-state index is 0.00782. The van der Waals surface area contributed by atoms with Crippen molar-refractivity contribution in [1.29, 1.82) is 0 Å². The number of carbonyl (C=O) groups excluding carboxylic acids is 1. The maximum atomic E-state index is 12.2. The fourth-order valence-corrected chi connectivity index (χ4v) is 3.46. The van der Waals surface area contributed by atoms with Gasteiger partial charge in [-0.25, -0.2) is 4.79 Å². The molecule has 1 aromatic heterocycles. The maximum absolute atomic E-state index is 12.2. The van der Waals surface area contributed by atoms with Gasteiger partial charge in [0.25, 0.3) is 5.91 Å². The van der Waals surface area contributed by atoms with Crippen LogP contribution in [0.15, 0.2) is 12.1 Å². The van der Waals surface area contributed by atoms with Gasteiger partial charge in [-0.1, -0.05) is 0 Å². The monoisotopic (exact) mass is 251 g/mol. The molecule has 0 bridgehead atoms. The summed E-state index contributed by atoms with van der Waals surface area (Å²) in [6.07, 6.45) is 4.52. The van der Waals surface area contributed by atoms with E-state index < -0.39 is 5.97 Å². The van der Waals surface area contributed by atoms with Crippen molar-refractivity contribution in [3.63, 3.8) is 0 Å². The topological polar surface area (TPSA) is 57.6 Å². The van der Waals surface area contributed by atoms with Gasteiger partial charge in [0.1, 0.15) is 4.88 Å². The van der Waals surface area contributed by atoms with E-state index in [1.165, 1.54) is 12.5 Å². The average Bonchev–Trinajstić information content (AvgIpc) is 2.61. The first kappa shape index (κ1) is 10.8. The third kappa shape index (κ3) is 1.49. The highest BCUT2D eigenvalue weighted by Gasteiger charge is 2.51. The molecule has 1 aliphatic carbocycles. The summed E-state index contributed by atoms with van der Waals surface area (Å²) in [5.74, 6) is -0.954. The molecule has 1 aliphatic heterocycles. The second-order valence-electron chi connectivity index (χ2n) is 4.75. The van der Waals surface area contributed by atoms with Gasteiger partial charge in [-0.05, 0) is 37.8 Å². The van der Waals surface area contributed by atoms with Crippen molar-refractivity contribution in [3.05, 3.63) is 21.9 Å². The zero-order valence-electron chi connectivity index (χ0n) is 9.31. The molecule has 1 N–H and O–H groups in total. The molecule has 1 saturated carbocycles. The minimum Gasteiger partial charge on any atom is -0.477 e. The number of hydrogen-bond donors (Lipinski definition) is 1. The van der Waals surface area contributed by atoms with Crippen molar-refractivity contribution in [2.45, 2.75) is 31.2 Å². The smallest absolute Gasteiger partial charge is 0.345 e. The summed E-state index contributed by atoms with van der Waals surface area (Å²) < 4.78 is 0. The van der Waals surface area contributed by atoms with Crippen LogP contribution < -0.4 is 0 Å². The summed E-state index contributed by atoms with van der Waals surface area (Å²) in [5.41, 5.74) is 0.129. The van der Waals surface area contributed by atoms with Crippen LogP contribution in [-0.2, 0) is 0 Å². The van der Waals surface area contributed by atoms with Crippen molar-refractivity contribution in [2.24, 2.45) is 0 Å². The maximum Gasteiger partial charge on any atom is 0.345 e. The second kappa shape index (κ2) is 3.57. The normalized spacial score (nSPS) is 20.8. The van der Waals surface area contributed by atoms with Crippen molar-refractivity contribution in [2.75, 3.05) is 6.54 Å². The molecule has 0 aromatic carbocycles. The number of nitrogens with zero attached hydrogens (tertiary/aromatic N) is 1. The first-order valence-electron chi connectivity index (χ1n) is 5.77. The van der Waals surface area contributed by atoms with Crippen LogP contribution in [0.2, 0.25) is 0 Å². The second-order valence-corrected chi connectivity index (χ2v) is 5.84. The molecular weight excluding hydrogens is 238 g/mol. The molecular formula is C12H13NO3S. The van der Waals surface area contributed by atoms with Gasteiger partial charge in [0.15, 0.2) is 0 Å². The first-order valence-corrected chi connectivity index (χ1v) is 6.59. The lowest BCUT2D eigenvalue weighted by atomic mass is 9.68. The Morgan fingerprint density at radius 1 is 1.24 bits per heavy atom.